The highest BCUT2D eigenvalue weighted by atomic mass is 16.5. The number of hydrogen-bond acceptors (Lipinski definition) is 2. The Morgan fingerprint density at radius 2 is 1.94 bits per heavy atom. The third-order valence-corrected chi connectivity index (χ3v) is 4.04. The normalized spacial score (nSPS) is 26.6. The van der Waals surface area contributed by atoms with Gasteiger partial charge in [-0.3, -0.25) is 4.79 Å². The van der Waals surface area contributed by atoms with Crippen molar-refractivity contribution in [2.45, 2.75) is 66.5 Å². The summed E-state index contributed by atoms with van der Waals surface area (Å²) in [6.45, 7) is 13.5. The molecule has 1 fully saturated rings. The molecule has 0 aromatic heterocycles. The second-order valence-electron chi connectivity index (χ2n) is 7.26. The Balaban J connectivity index is 2.59. The van der Waals surface area contributed by atoms with Crippen molar-refractivity contribution in [2.75, 3.05) is 13.7 Å². The van der Waals surface area contributed by atoms with E-state index in [4.69, 9.17) is 4.74 Å². The molecule has 0 spiro atoms. The lowest BCUT2D eigenvalue weighted by Crippen LogP contribution is -2.62. The van der Waals surface area contributed by atoms with Gasteiger partial charge in [-0.25, -0.2) is 0 Å². The topological polar surface area (TPSA) is 29.5 Å². The zero-order valence-electron chi connectivity index (χ0n) is 13.0. The van der Waals surface area contributed by atoms with Crippen molar-refractivity contribution >= 4 is 5.91 Å². The van der Waals surface area contributed by atoms with Crippen LogP contribution in [0.2, 0.25) is 0 Å². The van der Waals surface area contributed by atoms with Crippen LogP contribution in [0, 0.1) is 10.8 Å². The Labute approximate surface area is 112 Å². The van der Waals surface area contributed by atoms with Crippen LogP contribution in [0.25, 0.3) is 0 Å². The molecule has 1 rings (SSSR count). The molecular weight excluding hydrogens is 226 g/mol. The summed E-state index contributed by atoms with van der Waals surface area (Å²) in [5.41, 5.74) is 0.122. The van der Waals surface area contributed by atoms with Crippen molar-refractivity contribution in [3.63, 3.8) is 0 Å². The Morgan fingerprint density at radius 1 is 1.39 bits per heavy atom. The molecule has 0 aromatic carbocycles. The van der Waals surface area contributed by atoms with Crippen LogP contribution in [0.15, 0.2) is 0 Å². The first-order chi connectivity index (χ1) is 8.09. The summed E-state index contributed by atoms with van der Waals surface area (Å²) in [7, 11) is 1.93. The molecule has 3 heteroatoms. The SMILES string of the molecule is CCO[C@H]1C[C@H](N(C)C(=O)CC(C)(C)C)C1(C)C. The third-order valence-electron chi connectivity index (χ3n) is 4.04. The highest BCUT2D eigenvalue weighted by molar-refractivity contribution is 5.77. The molecule has 1 amide bonds. The maximum absolute atomic E-state index is 12.2. The minimum absolute atomic E-state index is 0.0541. The number of carbonyl (C=O) groups excluding carboxylic acids is 1. The first kappa shape index (κ1) is 15.5. The first-order valence-electron chi connectivity index (χ1n) is 6.97. The molecule has 0 heterocycles. The molecule has 0 bridgehead atoms. The zero-order valence-corrected chi connectivity index (χ0v) is 13.0. The van der Waals surface area contributed by atoms with Crippen molar-refractivity contribution < 1.29 is 9.53 Å². The molecule has 0 aromatic rings. The number of carbonyl (C=O) groups is 1. The van der Waals surface area contributed by atoms with Gasteiger partial charge in [0.15, 0.2) is 0 Å². The average molecular weight is 255 g/mol. The lowest BCUT2D eigenvalue weighted by molar-refractivity contribution is -0.164. The van der Waals surface area contributed by atoms with Gasteiger partial charge in [-0.15, -0.1) is 0 Å². The fraction of sp³-hybridized carbons (Fsp3) is 0.933. The molecule has 0 saturated heterocycles. The highest BCUT2D eigenvalue weighted by Gasteiger charge is 2.51. The minimum Gasteiger partial charge on any atom is -0.378 e. The zero-order chi connectivity index (χ0) is 14.1. The van der Waals surface area contributed by atoms with Crippen molar-refractivity contribution in [1.82, 2.24) is 4.90 Å². The molecule has 0 N–H and O–H groups in total. The summed E-state index contributed by atoms with van der Waals surface area (Å²) in [5, 5.41) is 0. The maximum Gasteiger partial charge on any atom is 0.223 e. The van der Waals surface area contributed by atoms with Gasteiger partial charge in [0.1, 0.15) is 0 Å². The van der Waals surface area contributed by atoms with Crippen LogP contribution in [-0.2, 0) is 9.53 Å². The summed E-state index contributed by atoms with van der Waals surface area (Å²) in [5.74, 6) is 0.246. The molecule has 3 nitrogen and oxygen atoms in total. The molecule has 1 saturated carbocycles. The van der Waals surface area contributed by atoms with Gasteiger partial charge in [-0.1, -0.05) is 34.6 Å². The number of nitrogens with zero attached hydrogens (tertiary/aromatic N) is 1. The monoisotopic (exact) mass is 255 g/mol. The highest BCUT2D eigenvalue weighted by Crippen LogP contribution is 2.45. The molecule has 18 heavy (non-hydrogen) atoms. The van der Waals surface area contributed by atoms with E-state index in [0.717, 1.165) is 13.0 Å². The van der Waals surface area contributed by atoms with E-state index in [0.29, 0.717) is 12.5 Å². The van der Waals surface area contributed by atoms with Gasteiger partial charge < -0.3 is 9.64 Å². The summed E-state index contributed by atoms with van der Waals surface area (Å²) < 4.78 is 5.72. The summed E-state index contributed by atoms with van der Waals surface area (Å²) >= 11 is 0. The fourth-order valence-electron chi connectivity index (χ4n) is 2.76. The predicted octanol–water partition coefficient (Wildman–Crippen LogP) is 3.08. The molecule has 0 radical (unpaired) electrons. The van der Waals surface area contributed by atoms with Crippen LogP contribution >= 0.6 is 0 Å². The Morgan fingerprint density at radius 3 is 2.33 bits per heavy atom. The van der Waals surface area contributed by atoms with E-state index in [-0.39, 0.29) is 22.8 Å². The van der Waals surface area contributed by atoms with Crippen LogP contribution in [0.1, 0.15) is 54.4 Å². The van der Waals surface area contributed by atoms with Crippen LogP contribution in [0.5, 0.6) is 0 Å². The van der Waals surface area contributed by atoms with Crippen molar-refractivity contribution in [3.05, 3.63) is 0 Å². The molecular formula is C15H29NO2. The second kappa shape index (κ2) is 5.20. The Hall–Kier alpha value is -0.570. The van der Waals surface area contributed by atoms with Crippen LogP contribution in [0.4, 0.5) is 0 Å². The lowest BCUT2D eigenvalue weighted by atomic mass is 9.63. The molecule has 2 atom stereocenters. The summed E-state index contributed by atoms with van der Waals surface area (Å²) in [6.07, 6.45) is 1.86. The van der Waals surface area contributed by atoms with Crippen molar-refractivity contribution in [2.24, 2.45) is 10.8 Å². The predicted molar refractivity (Wildman–Crippen MR) is 74.4 cm³/mol. The lowest BCUT2D eigenvalue weighted by Gasteiger charge is -2.55. The smallest absolute Gasteiger partial charge is 0.223 e. The maximum atomic E-state index is 12.2. The van der Waals surface area contributed by atoms with Gasteiger partial charge in [0, 0.05) is 31.5 Å². The molecule has 0 aliphatic heterocycles. The van der Waals surface area contributed by atoms with Crippen LogP contribution < -0.4 is 0 Å². The number of ether oxygens (including phenoxy) is 1. The minimum atomic E-state index is 0.0541. The van der Waals surface area contributed by atoms with Gasteiger partial charge >= 0.3 is 0 Å². The van der Waals surface area contributed by atoms with E-state index in [1.807, 2.05) is 18.9 Å². The van der Waals surface area contributed by atoms with E-state index in [1.54, 1.807) is 0 Å². The van der Waals surface area contributed by atoms with Gasteiger partial charge in [0.05, 0.1) is 6.10 Å². The van der Waals surface area contributed by atoms with Gasteiger partial charge in [0.2, 0.25) is 5.91 Å². The third kappa shape index (κ3) is 3.25. The average Bonchev–Trinajstić information content (AvgIpc) is 2.20. The largest absolute Gasteiger partial charge is 0.378 e. The van der Waals surface area contributed by atoms with Crippen molar-refractivity contribution in [3.8, 4) is 0 Å². The molecule has 1 aliphatic rings. The van der Waals surface area contributed by atoms with Gasteiger partial charge in [-0.2, -0.15) is 0 Å². The van der Waals surface area contributed by atoms with E-state index in [2.05, 4.69) is 34.6 Å². The van der Waals surface area contributed by atoms with Gasteiger partial charge in [0.25, 0.3) is 0 Å². The van der Waals surface area contributed by atoms with E-state index in [9.17, 15) is 4.79 Å². The Kier molecular flexibility index (Phi) is 4.47. The van der Waals surface area contributed by atoms with Crippen molar-refractivity contribution in [1.29, 1.82) is 0 Å². The number of rotatable bonds is 4. The van der Waals surface area contributed by atoms with E-state index < -0.39 is 0 Å². The summed E-state index contributed by atoms with van der Waals surface area (Å²) in [6, 6.07) is 0.309. The fourth-order valence-corrected chi connectivity index (χ4v) is 2.76. The number of hydrogen-bond donors (Lipinski definition) is 0. The first-order valence-corrected chi connectivity index (χ1v) is 6.97. The van der Waals surface area contributed by atoms with Crippen LogP contribution in [-0.4, -0.2) is 36.6 Å². The van der Waals surface area contributed by atoms with E-state index in [1.165, 1.54) is 0 Å². The van der Waals surface area contributed by atoms with E-state index >= 15 is 0 Å². The summed E-state index contributed by atoms with van der Waals surface area (Å²) in [4.78, 5) is 14.2. The molecule has 106 valence electrons. The standard InChI is InChI=1S/C15H29NO2/c1-8-18-12-9-11(15(12,5)6)16(7)13(17)10-14(2,3)4/h11-12H,8-10H2,1-7H3/t11-,12-/m0/s1. The molecule has 1 aliphatic carbocycles. The quantitative estimate of drug-likeness (QED) is 0.772. The van der Waals surface area contributed by atoms with Crippen LogP contribution in [0.3, 0.4) is 0 Å². The second-order valence-corrected chi connectivity index (χ2v) is 7.26. The van der Waals surface area contributed by atoms with Gasteiger partial charge in [-0.05, 0) is 18.8 Å². The Bertz CT molecular complexity index is 304. The molecule has 0 unspecified atom stereocenters. The number of amides is 1.